The van der Waals surface area contributed by atoms with E-state index in [9.17, 15) is 9.59 Å². The Bertz CT molecular complexity index is 875. The first-order chi connectivity index (χ1) is 15.8. The lowest BCUT2D eigenvalue weighted by Gasteiger charge is -2.32. The number of hydrogen-bond donors (Lipinski definition) is 2. The van der Waals surface area contributed by atoms with Gasteiger partial charge in [0.1, 0.15) is 5.60 Å². The van der Waals surface area contributed by atoms with Crippen LogP contribution in [0.1, 0.15) is 50.7 Å². The minimum absolute atomic E-state index is 0.0284. The quantitative estimate of drug-likeness (QED) is 0.640. The van der Waals surface area contributed by atoms with Gasteiger partial charge in [0.05, 0.1) is 6.54 Å². The molecule has 2 aromatic rings. The molecule has 1 atom stereocenters. The lowest BCUT2D eigenvalue weighted by molar-refractivity contribution is -0.122. The van der Waals surface area contributed by atoms with Crippen LogP contribution in [0.5, 0.6) is 0 Å². The van der Waals surface area contributed by atoms with E-state index in [1.807, 2.05) is 51.2 Å². The molecule has 1 aliphatic rings. The van der Waals surface area contributed by atoms with Crippen LogP contribution in [0.15, 0.2) is 54.9 Å². The van der Waals surface area contributed by atoms with E-state index < -0.39 is 5.60 Å². The average molecular weight is 453 g/mol. The smallest absolute Gasteiger partial charge is 0.407 e. The van der Waals surface area contributed by atoms with E-state index in [4.69, 9.17) is 4.74 Å². The molecule has 2 N–H and O–H groups in total. The molecule has 0 saturated carbocycles. The SMILES string of the molecule is CC(C)(C)OC(=O)NC1CCN(CC(=O)NCC(Cc2cccnc2)c2ccccc2)CC1. The molecule has 1 aromatic carbocycles. The summed E-state index contributed by atoms with van der Waals surface area (Å²) in [5, 5.41) is 6.06. The van der Waals surface area contributed by atoms with Crippen molar-refractivity contribution < 1.29 is 14.3 Å². The third-order valence-corrected chi connectivity index (χ3v) is 5.70. The molecule has 1 fully saturated rings. The molecule has 2 amide bonds. The molecule has 0 aliphatic carbocycles. The number of pyridine rings is 1. The maximum atomic E-state index is 12.7. The summed E-state index contributed by atoms with van der Waals surface area (Å²) in [5.41, 5.74) is 1.85. The summed E-state index contributed by atoms with van der Waals surface area (Å²) in [5.74, 6) is 0.212. The number of piperidine rings is 1. The number of hydrogen-bond acceptors (Lipinski definition) is 5. The highest BCUT2D eigenvalue weighted by atomic mass is 16.6. The highest BCUT2D eigenvalue weighted by molar-refractivity contribution is 5.78. The summed E-state index contributed by atoms with van der Waals surface area (Å²) in [7, 11) is 0. The maximum Gasteiger partial charge on any atom is 0.407 e. The first-order valence-electron chi connectivity index (χ1n) is 11.7. The molecular formula is C26H36N4O3. The summed E-state index contributed by atoms with van der Waals surface area (Å²) in [6.45, 7) is 8.05. The molecule has 1 saturated heterocycles. The second-order valence-electron chi connectivity index (χ2n) is 9.67. The minimum Gasteiger partial charge on any atom is -0.444 e. The van der Waals surface area contributed by atoms with Gasteiger partial charge in [-0.1, -0.05) is 36.4 Å². The first-order valence-corrected chi connectivity index (χ1v) is 11.7. The fourth-order valence-electron chi connectivity index (χ4n) is 4.04. The van der Waals surface area contributed by atoms with Gasteiger partial charge < -0.3 is 15.4 Å². The number of amides is 2. The second kappa shape index (κ2) is 11.8. The van der Waals surface area contributed by atoms with Crippen LogP contribution >= 0.6 is 0 Å². The Kier molecular flexibility index (Phi) is 8.83. The summed E-state index contributed by atoms with van der Waals surface area (Å²) in [6, 6.07) is 14.4. The second-order valence-corrected chi connectivity index (χ2v) is 9.67. The number of alkyl carbamates (subject to hydrolysis) is 1. The molecular weight excluding hydrogens is 416 g/mol. The van der Waals surface area contributed by atoms with E-state index in [2.05, 4.69) is 38.7 Å². The Morgan fingerprint density at radius 3 is 2.48 bits per heavy atom. The number of ether oxygens (including phenoxy) is 1. The number of carbonyl (C=O) groups excluding carboxylic acids is 2. The van der Waals surface area contributed by atoms with E-state index >= 15 is 0 Å². The zero-order valence-electron chi connectivity index (χ0n) is 19.9. The lowest BCUT2D eigenvalue weighted by atomic mass is 9.92. The molecule has 1 aliphatic heterocycles. The van der Waals surface area contributed by atoms with Gasteiger partial charge in [0.2, 0.25) is 5.91 Å². The Morgan fingerprint density at radius 1 is 1.12 bits per heavy atom. The van der Waals surface area contributed by atoms with Crippen LogP contribution in [0.4, 0.5) is 4.79 Å². The highest BCUT2D eigenvalue weighted by Gasteiger charge is 2.24. The summed E-state index contributed by atoms with van der Waals surface area (Å²) < 4.78 is 5.33. The molecule has 2 heterocycles. The van der Waals surface area contributed by atoms with Crippen LogP contribution < -0.4 is 10.6 Å². The molecule has 0 spiro atoms. The van der Waals surface area contributed by atoms with Crippen LogP contribution in [0.25, 0.3) is 0 Å². The lowest BCUT2D eigenvalue weighted by Crippen LogP contribution is -2.48. The monoisotopic (exact) mass is 452 g/mol. The Balaban J connectivity index is 1.44. The molecule has 3 rings (SSSR count). The fraction of sp³-hybridized carbons (Fsp3) is 0.500. The predicted molar refractivity (Wildman–Crippen MR) is 129 cm³/mol. The minimum atomic E-state index is -0.502. The van der Waals surface area contributed by atoms with Gasteiger partial charge in [-0.2, -0.15) is 0 Å². The average Bonchev–Trinajstić information content (AvgIpc) is 2.78. The Labute approximate surface area is 196 Å². The summed E-state index contributed by atoms with van der Waals surface area (Å²) in [6.07, 6.45) is 5.71. The summed E-state index contributed by atoms with van der Waals surface area (Å²) in [4.78, 5) is 31.0. The number of carbonyl (C=O) groups is 2. The number of likely N-dealkylation sites (tertiary alicyclic amines) is 1. The highest BCUT2D eigenvalue weighted by Crippen LogP contribution is 2.20. The normalized spacial score (nSPS) is 16.1. The van der Waals surface area contributed by atoms with Gasteiger partial charge in [0.15, 0.2) is 0 Å². The van der Waals surface area contributed by atoms with Crippen molar-refractivity contribution >= 4 is 12.0 Å². The molecule has 0 radical (unpaired) electrons. The van der Waals surface area contributed by atoms with Crippen molar-refractivity contribution in [3.8, 4) is 0 Å². The number of aromatic nitrogens is 1. The fourth-order valence-corrected chi connectivity index (χ4v) is 4.04. The Morgan fingerprint density at radius 2 is 1.85 bits per heavy atom. The van der Waals surface area contributed by atoms with Gasteiger partial charge in [0.25, 0.3) is 0 Å². The maximum absolute atomic E-state index is 12.7. The van der Waals surface area contributed by atoms with E-state index in [1.165, 1.54) is 5.56 Å². The van der Waals surface area contributed by atoms with Gasteiger partial charge in [-0.3, -0.25) is 14.7 Å². The molecule has 33 heavy (non-hydrogen) atoms. The van der Waals surface area contributed by atoms with E-state index in [1.54, 1.807) is 6.20 Å². The topological polar surface area (TPSA) is 83.6 Å². The molecule has 1 aromatic heterocycles. The number of nitrogens with one attached hydrogen (secondary N) is 2. The van der Waals surface area contributed by atoms with Crippen molar-refractivity contribution in [2.45, 2.75) is 57.6 Å². The zero-order chi connectivity index (χ0) is 23.7. The molecule has 7 heteroatoms. The van der Waals surface area contributed by atoms with Crippen LogP contribution in [0.3, 0.4) is 0 Å². The van der Waals surface area contributed by atoms with Crippen molar-refractivity contribution in [2.75, 3.05) is 26.2 Å². The van der Waals surface area contributed by atoms with Crippen molar-refractivity contribution in [1.29, 1.82) is 0 Å². The van der Waals surface area contributed by atoms with Crippen LogP contribution in [-0.4, -0.2) is 59.7 Å². The number of nitrogens with zero attached hydrogens (tertiary/aromatic N) is 2. The third kappa shape index (κ3) is 8.85. The van der Waals surface area contributed by atoms with Crippen LogP contribution in [0, 0.1) is 0 Å². The van der Waals surface area contributed by atoms with Crippen molar-refractivity contribution in [2.24, 2.45) is 0 Å². The van der Waals surface area contributed by atoms with Gasteiger partial charge >= 0.3 is 6.09 Å². The largest absolute Gasteiger partial charge is 0.444 e. The molecule has 1 unspecified atom stereocenters. The van der Waals surface area contributed by atoms with E-state index in [0.717, 1.165) is 37.9 Å². The molecule has 178 valence electrons. The van der Waals surface area contributed by atoms with Gasteiger partial charge in [-0.25, -0.2) is 4.79 Å². The van der Waals surface area contributed by atoms with E-state index in [0.29, 0.717) is 13.1 Å². The van der Waals surface area contributed by atoms with Crippen LogP contribution in [0.2, 0.25) is 0 Å². The number of rotatable bonds is 8. The molecule has 0 bridgehead atoms. The number of benzene rings is 1. The molecule has 7 nitrogen and oxygen atoms in total. The van der Waals surface area contributed by atoms with Crippen molar-refractivity contribution in [3.05, 3.63) is 66.0 Å². The standard InChI is InChI=1S/C26H36N4O3/c1-26(2,3)33-25(32)29-23-11-14-30(15-12-23)19-24(31)28-18-22(21-9-5-4-6-10-21)16-20-8-7-13-27-17-20/h4-10,13,17,22-23H,11-12,14-16,18-19H2,1-3H3,(H,28,31)(H,29,32). The Hall–Kier alpha value is -2.93. The van der Waals surface area contributed by atoms with Crippen LogP contribution in [-0.2, 0) is 16.0 Å². The van der Waals surface area contributed by atoms with E-state index in [-0.39, 0.29) is 24.0 Å². The van der Waals surface area contributed by atoms with Gasteiger partial charge in [-0.15, -0.1) is 0 Å². The van der Waals surface area contributed by atoms with Gasteiger partial charge in [0, 0.05) is 44.0 Å². The predicted octanol–water partition coefficient (Wildman–Crippen LogP) is 3.51. The third-order valence-electron chi connectivity index (χ3n) is 5.70. The van der Waals surface area contributed by atoms with Crippen molar-refractivity contribution in [1.82, 2.24) is 20.5 Å². The zero-order valence-corrected chi connectivity index (χ0v) is 19.9. The summed E-state index contributed by atoms with van der Waals surface area (Å²) >= 11 is 0. The van der Waals surface area contributed by atoms with Gasteiger partial charge in [-0.05, 0) is 57.2 Å². The first kappa shape index (κ1) is 24.7. The van der Waals surface area contributed by atoms with Crippen molar-refractivity contribution in [3.63, 3.8) is 0 Å².